The summed E-state index contributed by atoms with van der Waals surface area (Å²) in [5.41, 5.74) is -0.967. The molecular formula is C14H14ClF3N4O. The summed E-state index contributed by atoms with van der Waals surface area (Å²) in [5, 5.41) is 4.50. The van der Waals surface area contributed by atoms with Gasteiger partial charge in [0.25, 0.3) is 0 Å². The minimum atomic E-state index is -4.57. The van der Waals surface area contributed by atoms with E-state index in [-0.39, 0.29) is 5.69 Å². The van der Waals surface area contributed by atoms with E-state index in [2.05, 4.69) is 15.6 Å². The highest BCUT2D eigenvalue weighted by Crippen LogP contribution is 2.36. The van der Waals surface area contributed by atoms with Crippen molar-refractivity contribution < 1.29 is 18.0 Å². The van der Waals surface area contributed by atoms with Crippen molar-refractivity contribution in [2.24, 2.45) is 0 Å². The number of benzene rings is 1. The number of nitrogens with one attached hydrogen (secondary N) is 2. The van der Waals surface area contributed by atoms with E-state index in [4.69, 9.17) is 11.6 Å². The van der Waals surface area contributed by atoms with Crippen LogP contribution < -0.4 is 10.6 Å². The van der Waals surface area contributed by atoms with Crippen molar-refractivity contribution in [1.82, 2.24) is 14.9 Å². The first-order chi connectivity index (χ1) is 10.9. The van der Waals surface area contributed by atoms with E-state index < -0.39 is 22.8 Å². The minimum absolute atomic E-state index is 0.0221. The number of urea groups is 1. The summed E-state index contributed by atoms with van der Waals surface area (Å²) in [4.78, 5) is 15.6. The number of rotatable bonds is 5. The Labute approximate surface area is 135 Å². The lowest BCUT2D eigenvalue weighted by molar-refractivity contribution is -0.137. The van der Waals surface area contributed by atoms with Gasteiger partial charge in [-0.25, -0.2) is 9.78 Å². The van der Waals surface area contributed by atoms with Gasteiger partial charge < -0.3 is 15.2 Å². The van der Waals surface area contributed by atoms with E-state index >= 15 is 0 Å². The van der Waals surface area contributed by atoms with Crippen LogP contribution in [0.4, 0.5) is 23.7 Å². The first-order valence-electron chi connectivity index (χ1n) is 6.73. The highest BCUT2D eigenvalue weighted by molar-refractivity contribution is 6.31. The molecule has 124 valence electrons. The van der Waals surface area contributed by atoms with Gasteiger partial charge in [-0.15, -0.1) is 0 Å². The van der Waals surface area contributed by atoms with E-state index in [1.807, 2.05) is 4.57 Å². The molecule has 0 fully saturated rings. The van der Waals surface area contributed by atoms with Crippen LogP contribution in [-0.2, 0) is 12.7 Å². The van der Waals surface area contributed by atoms with Crippen LogP contribution in [0.2, 0.25) is 5.02 Å². The fraction of sp³-hybridized carbons (Fsp3) is 0.286. The molecule has 0 bridgehead atoms. The minimum Gasteiger partial charge on any atom is -0.338 e. The van der Waals surface area contributed by atoms with E-state index in [0.29, 0.717) is 19.5 Å². The van der Waals surface area contributed by atoms with Gasteiger partial charge in [-0.2, -0.15) is 13.2 Å². The van der Waals surface area contributed by atoms with Crippen LogP contribution in [-0.4, -0.2) is 22.1 Å². The number of aryl methyl sites for hydroxylation is 1. The number of carbonyl (C=O) groups is 1. The Morgan fingerprint density at radius 2 is 2.13 bits per heavy atom. The first kappa shape index (κ1) is 17.1. The molecule has 0 atom stereocenters. The summed E-state index contributed by atoms with van der Waals surface area (Å²) in [7, 11) is 0. The smallest absolute Gasteiger partial charge is 0.338 e. The van der Waals surface area contributed by atoms with E-state index in [1.54, 1.807) is 18.7 Å². The molecule has 0 aliphatic rings. The average molecular weight is 347 g/mol. The molecular weight excluding hydrogens is 333 g/mol. The number of hydrogen-bond acceptors (Lipinski definition) is 2. The van der Waals surface area contributed by atoms with Crippen molar-refractivity contribution >= 4 is 23.3 Å². The highest BCUT2D eigenvalue weighted by Gasteiger charge is 2.33. The lowest BCUT2D eigenvalue weighted by atomic mass is 10.2. The van der Waals surface area contributed by atoms with E-state index in [0.717, 1.165) is 12.1 Å². The Balaban J connectivity index is 1.83. The molecule has 0 aliphatic heterocycles. The van der Waals surface area contributed by atoms with Crippen LogP contribution >= 0.6 is 11.6 Å². The summed E-state index contributed by atoms with van der Waals surface area (Å²) < 4.78 is 40.0. The van der Waals surface area contributed by atoms with Crippen LogP contribution in [0.25, 0.3) is 0 Å². The van der Waals surface area contributed by atoms with Crippen LogP contribution in [0.15, 0.2) is 36.9 Å². The Morgan fingerprint density at radius 1 is 1.35 bits per heavy atom. The average Bonchev–Trinajstić information content (AvgIpc) is 2.98. The normalized spacial score (nSPS) is 11.3. The Kier molecular flexibility index (Phi) is 5.49. The van der Waals surface area contributed by atoms with Crippen molar-refractivity contribution in [2.45, 2.75) is 19.1 Å². The number of carbonyl (C=O) groups excluding carboxylic acids is 1. The molecule has 2 aromatic rings. The van der Waals surface area contributed by atoms with E-state index in [9.17, 15) is 18.0 Å². The number of alkyl halides is 3. The number of anilines is 1. The highest BCUT2D eigenvalue weighted by atomic mass is 35.5. The number of nitrogens with zero attached hydrogens (tertiary/aromatic N) is 2. The monoisotopic (exact) mass is 346 g/mol. The third kappa shape index (κ3) is 5.17. The second kappa shape index (κ2) is 7.36. The standard InChI is InChI=1S/C14H14ClF3N4O/c15-12-3-2-10(8-11(12)14(16,17)18)21-13(23)20-4-1-6-22-7-5-19-9-22/h2-3,5,7-9H,1,4,6H2,(H2,20,21,23). The zero-order chi connectivity index (χ0) is 16.9. The van der Waals surface area contributed by atoms with Crippen molar-refractivity contribution in [1.29, 1.82) is 0 Å². The third-order valence-electron chi connectivity index (χ3n) is 2.97. The van der Waals surface area contributed by atoms with Crippen molar-refractivity contribution in [3.63, 3.8) is 0 Å². The molecule has 23 heavy (non-hydrogen) atoms. The molecule has 0 saturated heterocycles. The maximum absolute atomic E-state index is 12.7. The van der Waals surface area contributed by atoms with Crippen molar-refractivity contribution in [3.05, 3.63) is 47.5 Å². The second-order valence-corrected chi connectivity index (χ2v) is 5.13. The number of halogens is 4. The predicted molar refractivity (Wildman–Crippen MR) is 80.3 cm³/mol. The molecule has 2 amide bonds. The lowest BCUT2D eigenvalue weighted by Crippen LogP contribution is -2.30. The van der Waals surface area contributed by atoms with Gasteiger partial charge in [-0.3, -0.25) is 0 Å². The van der Waals surface area contributed by atoms with Crippen LogP contribution in [0, 0.1) is 0 Å². The molecule has 2 N–H and O–H groups in total. The molecule has 1 heterocycles. The zero-order valence-electron chi connectivity index (χ0n) is 11.9. The maximum atomic E-state index is 12.7. The molecule has 0 aliphatic carbocycles. The van der Waals surface area contributed by atoms with Crippen LogP contribution in [0.1, 0.15) is 12.0 Å². The second-order valence-electron chi connectivity index (χ2n) is 4.73. The molecule has 0 saturated carbocycles. The van der Waals surface area contributed by atoms with Crippen molar-refractivity contribution in [2.75, 3.05) is 11.9 Å². The fourth-order valence-electron chi connectivity index (χ4n) is 1.88. The van der Waals surface area contributed by atoms with Gasteiger partial charge in [0.05, 0.1) is 16.9 Å². The van der Waals surface area contributed by atoms with Crippen molar-refractivity contribution in [3.8, 4) is 0 Å². The van der Waals surface area contributed by atoms with Gasteiger partial charge in [-0.05, 0) is 24.6 Å². The summed E-state index contributed by atoms with van der Waals surface area (Å²) in [6.07, 6.45) is 1.20. The molecule has 1 aromatic carbocycles. The molecule has 5 nitrogen and oxygen atoms in total. The molecule has 0 unspecified atom stereocenters. The number of hydrogen-bond donors (Lipinski definition) is 2. The van der Waals surface area contributed by atoms with Gasteiger partial charge in [0, 0.05) is 31.2 Å². The SMILES string of the molecule is O=C(NCCCn1ccnc1)Nc1ccc(Cl)c(C(F)(F)F)c1. The number of aromatic nitrogens is 2. The van der Waals surface area contributed by atoms with E-state index in [1.165, 1.54) is 6.07 Å². The van der Waals surface area contributed by atoms with Gasteiger partial charge >= 0.3 is 12.2 Å². The fourth-order valence-corrected chi connectivity index (χ4v) is 2.10. The van der Waals surface area contributed by atoms with Gasteiger partial charge in [0.1, 0.15) is 0 Å². The Hall–Kier alpha value is -2.22. The maximum Gasteiger partial charge on any atom is 0.417 e. The predicted octanol–water partition coefficient (Wildman–Crippen LogP) is 3.77. The van der Waals surface area contributed by atoms with Crippen LogP contribution in [0.3, 0.4) is 0 Å². The summed E-state index contributed by atoms with van der Waals surface area (Å²) in [6, 6.07) is 2.63. The van der Waals surface area contributed by atoms with Crippen LogP contribution in [0.5, 0.6) is 0 Å². The largest absolute Gasteiger partial charge is 0.417 e. The molecule has 1 aromatic heterocycles. The molecule has 0 spiro atoms. The summed E-state index contributed by atoms with van der Waals surface area (Å²) in [6.45, 7) is 1.06. The Bertz CT molecular complexity index is 659. The Morgan fingerprint density at radius 3 is 2.78 bits per heavy atom. The van der Waals surface area contributed by atoms with Gasteiger partial charge in [0.2, 0.25) is 0 Å². The quantitative estimate of drug-likeness (QED) is 0.810. The molecule has 2 rings (SSSR count). The lowest BCUT2D eigenvalue weighted by Gasteiger charge is -2.12. The third-order valence-corrected chi connectivity index (χ3v) is 3.30. The summed E-state index contributed by atoms with van der Waals surface area (Å²) >= 11 is 5.51. The van der Waals surface area contributed by atoms with Gasteiger partial charge in [-0.1, -0.05) is 11.6 Å². The molecule has 0 radical (unpaired) electrons. The summed E-state index contributed by atoms with van der Waals surface area (Å²) in [5.74, 6) is 0. The number of imidazole rings is 1. The van der Waals surface area contributed by atoms with Gasteiger partial charge in [0.15, 0.2) is 0 Å². The first-order valence-corrected chi connectivity index (χ1v) is 7.11. The topological polar surface area (TPSA) is 59.0 Å². The number of amides is 2. The zero-order valence-corrected chi connectivity index (χ0v) is 12.7. The molecule has 9 heteroatoms.